The van der Waals surface area contributed by atoms with E-state index in [4.69, 9.17) is 16.3 Å². The summed E-state index contributed by atoms with van der Waals surface area (Å²) in [6.45, 7) is 4.73. The Kier molecular flexibility index (Phi) is 5.29. The van der Waals surface area contributed by atoms with Gasteiger partial charge in [-0.3, -0.25) is 0 Å². The molecule has 2 amide bonds. The van der Waals surface area contributed by atoms with Gasteiger partial charge >= 0.3 is 6.03 Å². The summed E-state index contributed by atoms with van der Waals surface area (Å²) in [6, 6.07) is 11.8. The van der Waals surface area contributed by atoms with Gasteiger partial charge in [0.05, 0.1) is 6.61 Å². The zero-order valence-corrected chi connectivity index (χ0v) is 16.9. The van der Waals surface area contributed by atoms with E-state index >= 15 is 0 Å². The van der Waals surface area contributed by atoms with Crippen LogP contribution in [0.15, 0.2) is 42.6 Å². The van der Waals surface area contributed by atoms with E-state index in [9.17, 15) is 4.79 Å². The topological polar surface area (TPSA) is 46.5 Å². The fraction of sp³-hybridized carbons (Fsp3) is 0.318. The molecular formula is C22H24ClN3O2. The summed E-state index contributed by atoms with van der Waals surface area (Å²) in [4.78, 5) is 14.8. The zero-order valence-electron chi connectivity index (χ0n) is 16.2. The third-order valence-electron chi connectivity index (χ3n) is 5.35. The minimum atomic E-state index is -0.0974. The van der Waals surface area contributed by atoms with Crippen molar-refractivity contribution in [1.82, 2.24) is 9.47 Å². The third-order valence-corrected chi connectivity index (χ3v) is 5.58. The number of hydrogen-bond donors (Lipinski definition) is 1. The molecule has 1 aliphatic heterocycles. The van der Waals surface area contributed by atoms with Crippen LogP contribution in [0.4, 0.5) is 10.5 Å². The average Bonchev–Trinajstić information content (AvgIpc) is 2.93. The molecule has 5 nitrogen and oxygen atoms in total. The largest absolute Gasteiger partial charge is 0.383 e. The number of methoxy groups -OCH3 is 1. The number of benzene rings is 2. The molecule has 1 aromatic heterocycles. The third kappa shape index (κ3) is 3.60. The Bertz CT molecular complexity index is 1030. The first kappa shape index (κ1) is 18.8. The fourth-order valence-corrected chi connectivity index (χ4v) is 4.02. The number of carbonyl (C=O) groups excluding carboxylic acids is 1. The van der Waals surface area contributed by atoms with Crippen LogP contribution in [0.2, 0.25) is 5.02 Å². The maximum atomic E-state index is 12.9. The van der Waals surface area contributed by atoms with Gasteiger partial charge in [-0.25, -0.2) is 4.79 Å². The number of amides is 2. The van der Waals surface area contributed by atoms with Crippen LogP contribution in [-0.2, 0) is 24.2 Å². The summed E-state index contributed by atoms with van der Waals surface area (Å²) in [5, 5.41) is 4.90. The van der Waals surface area contributed by atoms with Crippen LogP contribution in [-0.4, -0.2) is 35.8 Å². The number of nitrogens with one attached hydrogen (secondary N) is 1. The second kappa shape index (κ2) is 7.86. The van der Waals surface area contributed by atoms with E-state index in [1.165, 1.54) is 22.0 Å². The molecule has 1 N–H and O–H groups in total. The highest BCUT2D eigenvalue weighted by molar-refractivity contribution is 6.31. The average molecular weight is 398 g/mol. The maximum absolute atomic E-state index is 12.9. The van der Waals surface area contributed by atoms with Gasteiger partial charge in [0.1, 0.15) is 0 Å². The number of carbonyl (C=O) groups is 1. The quantitative estimate of drug-likeness (QED) is 0.684. The molecule has 2 heterocycles. The molecule has 0 spiro atoms. The van der Waals surface area contributed by atoms with E-state index in [0.717, 1.165) is 24.2 Å². The Balaban J connectivity index is 1.59. The number of anilines is 1. The number of aromatic nitrogens is 1. The van der Waals surface area contributed by atoms with Crippen molar-refractivity contribution in [2.24, 2.45) is 0 Å². The normalized spacial score (nSPS) is 13.6. The Hall–Kier alpha value is -2.50. The van der Waals surface area contributed by atoms with Crippen LogP contribution in [0.1, 0.15) is 16.7 Å². The van der Waals surface area contributed by atoms with E-state index in [0.29, 0.717) is 24.7 Å². The Morgan fingerprint density at radius 3 is 2.93 bits per heavy atom. The first-order valence-electron chi connectivity index (χ1n) is 9.47. The van der Waals surface area contributed by atoms with E-state index in [1.807, 2.05) is 24.0 Å². The molecule has 28 heavy (non-hydrogen) atoms. The summed E-state index contributed by atoms with van der Waals surface area (Å²) in [5.41, 5.74) is 5.42. The lowest BCUT2D eigenvalue weighted by Gasteiger charge is -2.22. The lowest BCUT2D eigenvalue weighted by atomic mass is 10.1. The monoisotopic (exact) mass is 397 g/mol. The Labute approximate surface area is 169 Å². The Morgan fingerprint density at radius 1 is 1.25 bits per heavy atom. The van der Waals surface area contributed by atoms with Gasteiger partial charge in [-0.15, -0.1) is 0 Å². The molecule has 0 fully saturated rings. The van der Waals surface area contributed by atoms with Gasteiger partial charge in [-0.1, -0.05) is 29.8 Å². The van der Waals surface area contributed by atoms with Gasteiger partial charge in [0.2, 0.25) is 0 Å². The van der Waals surface area contributed by atoms with Gasteiger partial charge in [0, 0.05) is 54.6 Å². The molecule has 3 aromatic rings. The number of rotatable bonds is 4. The van der Waals surface area contributed by atoms with Gasteiger partial charge in [-0.2, -0.15) is 0 Å². The molecule has 6 heteroatoms. The van der Waals surface area contributed by atoms with E-state index in [2.05, 4.69) is 34.3 Å². The van der Waals surface area contributed by atoms with E-state index in [-0.39, 0.29) is 6.03 Å². The minimum Gasteiger partial charge on any atom is -0.383 e. The minimum absolute atomic E-state index is 0.0974. The van der Waals surface area contributed by atoms with Gasteiger partial charge in [0.15, 0.2) is 0 Å². The van der Waals surface area contributed by atoms with Crippen molar-refractivity contribution in [2.75, 3.05) is 25.6 Å². The number of hydrogen-bond acceptors (Lipinski definition) is 2. The SMILES string of the molecule is COCCn1cc2c3c(cccc31)CN(C(=O)Nc1cc(Cl)ccc1C)CC2. The number of halogens is 1. The molecule has 2 aromatic carbocycles. The molecule has 0 unspecified atom stereocenters. The Morgan fingerprint density at radius 2 is 2.11 bits per heavy atom. The van der Waals surface area contributed by atoms with Crippen LogP contribution in [0, 0.1) is 6.92 Å². The highest BCUT2D eigenvalue weighted by atomic mass is 35.5. The van der Waals surface area contributed by atoms with Gasteiger partial charge in [0.25, 0.3) is 0 Å². The van der Waals surface area contributed by atoms with Crippen molar-refractivity contribution >= 4 is 34.2 Å². The predicted molar refractivity (Wildman–Crippen MR) is 113 cm³/mol. The van der Waals surface area contributed by atoms with Crippen molar-refractivity contribution in [3.05, 3.63) is 64.3 Å². The van der Waals surface area contributed by atoms with Crippen LogP contribution < -0.4 is 5.32 Å². The first-order chi connectivity index (χ1) is 13.6. The lowest BCUT2D eigenvalue weighted by molar-refractivity contribution is 0.188. The maximum Gasteiger partial charge on any atom is 0.322 e. The van der Waals surface area contributed by atoms with Crippen LogP contribution in [0.3, 0.4) is 0 Å². The number of aryl methyl sites for hydroxylation is 1. The van der Waals surface area contributed by atoms with Gasteiger partial charge < -0.3 is 19.5 Å². The number of nitrogens with zero attached hydrogens (tertiary/aromatic N) is 2. The molecule has 1 aliphatic rings. The summed E-state index contributed by atoms with van der Waals surface area (Å²) >= 11 is 6.09. The van der Waals surface area contributed by atoms with Crippen molar-refractivity contribution < 1.29 is 9.53 Å². The molecule has 0 radical (unpaired) electrons. The molecular weight excluding hydrogens is 374 g/mol. The van der Waals surface area contributed by atoms with Crippen molar-refractivity contribution in [3.8, 4) is 0 Å². The molecule has 4 rings (SSSR count). The lowest BCUT2D eigenvalue weighted by Crippen LogP contribution is -2.35. The second-order valence-corrected chi connectivity index (χ2v) is 7.65. The van der Waals surface area contributed by atoms with Crippen LogP contribution in [0.25, 0.3) is 10.9 Å². The standard InChI is InChI=1S/C22H24ClN3O2/c1-15-6-7-18(23)12-19(15)24-22(27)26-9-8-17-13-25(10-11-28-2)20-5-3-4-16(14-26)21(17)20/h3-7,12-13H,8-11,14H2,1-2H3,(H,24,27). The predicted octanol–water partition coefficient (Wildman–Crippen LogP) is 4.84. The molecule has 0 aliphatic carbocycles. The molecule has 0 saturated carbocycles. The van der Waals surface area contributed by atoms with E-state index < -0.39 is 0 Å². The number of urea groups is 1. The highest BCUT2D eigenvalue weighted by Gasteiger charge is 2.22. The van der Waals surface area contributed by atoms with Crippen LogP contribution in [0.5, 0.6) is 0 Å². The van der Waals surface area contributed by atoms with Crippen molar-refractivity contribution in [1.29, 1.82) is 0 Å². The van der Waals surface area contributed by atoms with Gasteiger partial charge in [-0.05, 0) is 48.2 Å². The summed E-state index contributed by atoms with van der Waals surface area (Å²) < 4.78 is 7.49. The van der Waals surface area contributed by atoms with E-state index in [1.54, 1.807) is 13.2 Å². The molecule has 0 bridgehead atoms. The highest BCUT2D eigenvalue weighted by Crippen LogP contribution is 2.30. The summed E-state index contributed by atoms with van der Waals surface area (Å²) in [6.07, 6.45) is 3.03. The van der Waals surface area contributed by atoms with Crippen molar-refractivity contribution in [3.63, 3.8) is 0 Å². The zero-order chi connectivity index (χ0) is 19.7. The fourth-order valence-electron chi connectivity index (χ4n) is 3.85. The smallest absolute Gasteiger partial charge is 0.322 e. The number of ether oxygens (including phenoxy) is 1. The van der Waals surface area contributed by atoms with Crippen molar-refractivity contribution in [2.45, 2.75) is 26.4 Å². The summed E-state index contributed by atoms with van der Waals surface area (Å²) in [5.74, 6) is 0. The molecule has 0 atom stereocenters. The van der Waals surface area contributed by atoms with Crippen LogP contribution >= 0.6 is 11.6 Å². The summed E-state index contributed by atoms with van der Waals surface area (Å²) in [7, 11) is 1.72. The molecule has 146 valence electrons. The second-order valence-electron chi connectivity index (χ2n) is 7.21. The molecule has 0 saturated heterocycles. The first-order valence-corrected chi connectivity index (χ1v) is 9.85.